The van der Waals surface area contributed by atoms with Gasteiger partial charge >= 0.3 is 6.09 Å². The highest BCUT2D eigenvalue weighted by Gasteiger charge is 2.25. The number of fused-ring (bicyclic) bond motifs is 1. The van der Waals surface area contributed by atoms with Crippen LogP contribution in [-0.2, 0) is 11.2 Å². The Hall–Kier alpha value is -1.78. The Morgan fingerprint density at radius 1 is 1.19 bits per heavy atom. The van der Waals surface area contributed by atoms with Gasteiger partial charge in [0, 0.05) is 10.5 Å². The summed E-state index contributed by atoms with van der Waals surface area (Å²) in [5, 5.41) is 2.78. The lowest BCUT2D eigenvalue weighted by atomic mass is 10.0. The van der Waals surface area contributed by atoms with E-state index in [2.05, 4.69) is 31.2 Å². The lowest BCUT2D eigenvalue weighted by Gasteiger charge is -2.24. The second-order valence-corrected chi connectivity index (χ2v) is 10.5. The number of pyridine rings is 1. The number of amides is 1. The lowest BCUT2D eigenvalue weighted by Crippen LogP contribution is -2.36. The Morgan fingerprint density at radius 3 is 2.38 bits per heavy atom. The van der Waals surface area contributed by atoms with Gasteiger partial charge in [-0.2, -0.15) is 0 Å². The van der Waals surface area contributed by atoms with E-state index in [1.807, 2.05) is 26.2 Å². The highest BCUT2D eigenvalue weighted by atomic mass is 79.9. The van der Waals surface area contributed by atoms with Crippen molar-refractivity contribution in [2.45, 2.75) is 57.0 Å². The second kappa shape index (κ2) is 11.4. The fraction of sp³-hybridized carbons (Fsp3) is 0.409. The van der Waals surface area contributed by atoms with Crippen LogP contribution in [0.1, 0.15) is 51.9 Å². The van der Waals surface area contributed by atoms with Crippen molar-refractivity contribution in [3.05, 3.63) is 51.6 Å². The third kappa shape index (κ3) is 7.38. The number of benzene rings is 1. The summed E-state index contributed by atoms with van der Waals surface area (Å²) in [4.78, 5) is 21.5. The van der Waals surface area contributed by atoms with Crippen LogP contribution >= 0.6 is 39.0 Å². The summed E-state index contributed by atoms with van der Waals surface area (Å²) in [6, 6.07) is 4.45. The molecule has 0 saturated heterocycles. The van der Waals surface area contributed by atoms with Crippen LogP contribution < -0.4 is 5.32 Å². The summed E-state index contributed by atoms with van der Waals surface area (Å²) in [5.74, 6) is -1.37. The van der Waals surface area contributed by atoms with Gasteiger partial charge in [-0.25, -0.2) is 23.5 Å². The van der Waals surface area contributed by atoms with Gasteiger partial charge < -0.3 is 10.1 Å². The first-order valence-corrected chi connectivity index (χ1v) is 12.8. The molecule has 2 aromatic heterocycles. The summed E-state index contributed by atoms with van der Waals surface area (Å²) in [5.41, 5.74) is 0.724. The summed E-state index contributed by atoms with van der Waals surface area (Å²) in [7, 11) is 0. The van der Waals surface area contributed by atoms with Crippen molar-refractivity contribution in [1.29, 1.82) is 0 Å². The Labute approximate surface area is 203 Å². The minimum atomic E-state index is -0.698. The Morgan fingerprint density at radius 2 is 1.81 bits per heavy atom. The quantitative estimate of drug-likeness (QED) is 0.341. The number of nitrogens with one attached hydrogen (secondary N) is 1. The number of hydrogen-bond acceptors (Lipinski definition) is 6. The number of alkyl carbamates (subject to hydrolysis) is 1. The number of thioether (sulfide) groups is 1. The minimum absolute atomic E-state index is 0.116. The van der Waals surface area contributed by atoms with Crippen LogP contribution in [0.5, 0.6) is 0 Å². The third-order valence-electron chi connectivity index (χ3n) is 3.90. The van der Waals surface area contributed by atoms with Crippen molar-refractivity contribution in [3.63, 3.8) is 0 Å². The molecule has 0 aliphatic carbocycles. The number of rotatable bonds is 5. The maximum Gasteiger partial charge on any atom is 0.408 e. The van der Waals surface area contributed by atoms with Gasteiger partial charge in [0.05, 0.1) is 16.4 Å². The summed E-state index contributed by atoms with van der Waals surface area (Å²) in [6.07, 6.45) is 1.39. The monoisotopic (exact) mass is 545 g/mol. The topological polar surface area (TPSA) is 64.1 Å². The minimum Gasteiger partial charge on any atom is -0.444 e. The highest BCUT2D eigenvalue weighted by molar-refractivity contribution is 9.10. The number of halogens is 3. The van der Waals surface area contributed by atoms with E-state index in [1.165, 1.54) is 35.2 Å². The van der Waals surface area contributed by atoms with Gasteiger partial charge in [-0.15, -0.1) is 11.3 Å². The molecule has 0 aliphatic heterocycles. The maximum atomic E-state index is 13.7. The molecule has 0 aliphatic rings. The smallest absolute Gasteiger partial charge is 0.408 e. The van der Waals surface area contributed by atoms with Gasteiger partial charge in [0.2, 0.25) is 0 Å². The fourth-order valence-electron chi connectivity index (χ4n) is 2.80. The number of carbonyl (C=O) groups excluding carboxylic acids is 1. The van der Waals surface area contributed by atoms with Gasteiger partial charge in [0.25, 0.3) is 0 Å². The van der Waals surface area contributed by atoms with E-state index < -0.39 is 29.4 Å². The normalized spacial score (nSPS) is 12.2. The van der Waals surface area contributed by atoms with E-state index in [4.69, 9.17) is 4.74 Å². The van der Waals surface area contributed by atoms with Crippen LogP contribution in [0.4, 0.5) is 13.6 Å². The zero-order chi connectivity index (χ0) is 24.1. The summed E-state index contributed by atoms with van der Waals surface area (Å²) < 4.78 is 35.2. The van der Waals surface area contributed by atoms with Gasteiger partial charge in [0.15, 0.2) is 9.99 Å². The largest absolute Gasteiger partial charge is 0.444 e. The van der Waals surface area contributed by atoms with Crippen molar-refractivity contribution in [3.8, 4) is 0 Å². The van der Waals surface area contributed by atoms with Gasteiger partial charge in [0.1, 0.15) is 17.2 Å². The zero-order valence-corrected chi connectivity index (χ0v) is 22.0. The molecular formula is C22H26BrF2N3O2S2. The van der Waals surface area contributed by atoms with Gasteiger partial charge in [-0.3, -0.25) is 0 Å². The average molecular weight is 547 g/mol. The molecule has 174 valence electrons. The van der Waals surface area contributed by atoms with E-state index in [0.717, 1.165) is 15.1 Å². The van der Waals surface area contributed by atoms with Crippen molar-refractivity contribution >= 4 is 55.5 Å². The van der Waals surface area contributed by atoms with E-state index in [1.54, 1.807) is 20.8 Å². The molecule has 3 aromatic rings. The molecule has 10 heteroatoms. The van der Waals surface area contributed by atoms with Gasteiger partial charge in [-0.05, 0) is 73.1 Å². The Bertz CT molecular complexity index is 1070. The number of thiazole rings is 1. The number of hydrogen-bond donors (Lipinski definition) is 1. The number of carbonyl (C=O) groups is 1. The number of nitrogens with zero attached hydrogens (tertiary/aromatic N) is 2. The molecule has 0 radical (unpaired) electrons. The Kier molecular flexibility index (Phi) is 9.41. The predicted octanol–water partition coefficient (Wildman–Crippen LogP) is 7.29. The molecule has 3 rings (SSSR count). The van der Waals surface area contributed by atoms with Crippen LogP contribution in [-0.4, -0.2) is 27.9 Å². The fourth-order valence-corrected chi connectivity index (χ4v) is 5.00. The first-order chi connectivity index (χ1) is 15.0. The molecule has 2 heterocycles. The SMILES string of the molecule is CC.CSc1nc2nc(C(Cc3cc(F)cc(F)c3)NC(=O)OC(C)(C)C)c(Br)cc2s1. The molecule has 0 fully saturated rings. The number of ether oxygens (including phenoxy) is 1. The standard InChI is InChI=1S/C20H20BrF2N3O2S2.C2H6/c1-20(2,3)28-18(27)24-14(7-10-5-11(22)8-12(23)6-10)16-13(21)9-15-17(25-16)26-19(29-4)30-15;1-2/h5-6,8-9,14H,7H2,1-4H3,(H,24,27);1-2H3. The summed E-state index contributed by atoms with van der Waals surface area (Å²) in [6.45, 7) is 9.26. The lowest BCUT2D eigenvalue weighted by molar-refractivity contribution is 0.0502. The van der Waals surface area contributed by atoms with E-state index in [-0.39, 0.29) is 6.42 Å². The van der Waals surface area contributed by atoms with Crippen LogP contribution in [0.25, 0.3) is 10.3 Å². The molecule has 1 aromatic carbocycles. The van der Waals surface area contributed by atoms with Crippen LogP contribution in [0, 0.1) is 11.6 Å². The van der Waals surface area contributed by atoms with E-state index in [0.29, 0.717) is 21.4 Å². The molecule has 5 nitrogen and oxygen atoms in total. The zero-order valence-electron chi connectivity index (χ0n) is 18.8. The molecule has 1 atom stereocenters. The molecule has 0 saturated carbocycles. The average Bonchev–Trinajstić information content (AvgIpc) is 3.08. The van der Waals surface area contributed by atoms with Crippen molar-refractivity contribution in [2.75, 3.05) is 6.26 Å². The maximum absolute atomic E-state index is 13.7. The summed E-state index contributed by atoms with van der Waals surface area (Å²) >= 11 is 6.54. The van der Waals surface area contributed by atoms with Crippen LogP contribution in [0.15, 0.2) is 33.1 Å². The first-order valence-electron chi connectivity index (χ1n) is 9.99. The molecule has 1 amide bonds. The van der Waals surface area contributed by atoms with Crippen LogP contribution in [0.2, 0.25) is 0 Å². The molecule has 0 bridgehead atoms. The molecule has 32 heavy (non-hydrogen) atoms. The van der Waals surface area contributed by atoms with Crippen molar-refractivity contribution in [1.82, 2.24) is 15.3 Å². The van der Waals surface area contributed by atoms with Gasteiger partial charge in [-0.1, -0.05) is 25.6 Å². The first kappa shape index (κ1) is 26.5. The predicted molar refractivity (Wildman–Crippen MR) is 130 cm³/mol. The van der Waals surface area contributed by atoms with Crippen molar-refractivity contribution < 1.29 is 18.3 Å². The molecule has 1 unspecified atom stereocenters. The number of aromatic nitrogens is 2. The Balaban J connectivity index is 0.00000176. The molecule has 1 N–H and O–H groups in total. The molecular weight excluding hydrogens is 520 g/mol. The molecule has 0 spiro atoms. The van der Waals surface area contributed by atoms with Crippen LogP contribution in [0.3, 0.4) is 0 Å². The van der Waals surface area contributed by atoms with E-state index >= 15 is 0 Å². The third-order valence-corrected chi connectivity index (χ3v) is 6.51. The second-order valence-electron chi connectivity index (χ2n) is 7.54. The highest BCUT2D eigenvalue weighted by Crippen LogP contribution is 2.33. The van der Waals surface area contributed by atoms with E-state index in [9.17, 15) is 13.6 Å². The van der Waals surface area contributed by atoms with Crippen molar-refractivity contribution in [2.24, 2.45) is 0 Å².